The topological polar surface area (TPSA) is 56.1 Å². The Hall–Kier alpha value is -3.08. The summed E-state index contributed by atoms with van der Waals surface area (Å²) >= 11 is 0. The Bertz CT molecular complexity index is 827. The van der Waals surface area contributed by atoms with Crippen molar-refractivity contribution in [3.8, 4) is 5.75 Å². The molecule has 2 aromatic carbocycles. The predicted octanol–water partition coefficient (Wildman–Crippen LogP) is 3.19. The smallest absolute Gasteiger partial charge is 0.258 e. The van der Waals surface area contributed by atoms with E-state index in [1.807, 2.05) is 47.2 Å². The minimum atomic E-state index is -0.126. The third-order valence-corrected chi connectivity index (χ3v) is 4.15. The van der Waals surface area contributed by atoms with E-state index in [0.29, 0.717) is 6.54 Å². The molecule has 3 rings (SSSR count). The van der Waals surface area contributed by atoms with Crippen LogP contribution in [0.4, 0.5) is 0 Å². The lowest BCUT2D eigenvalue weighted by atomic mass is 10.1. The van der Waals surface area contributed by atoms with E-state index < -0.39 is 0 Å². The first kappa shape index (κ1) is 17.7. The lowest BCUT2D eigenvalue weighted by Crippen LogP contribution is -2.28. The third-order valence-electron chi connectivity index (χ3n) is 4.15. The first-order valence-electron chi connectivity index (χ1n) is 8.75. The Morgan fingerprint density at radius 1 is 1.12 bits per heavy atom. The first-order valence-corrected chi connectivity index (χ1v) is 8.75. The molecule has 0 bridgehead atoms. The molecule has 5 heteroatoms. The molecule has 26 heavy (non-hydrogen) atoms. The van der Waals surface area contributed by atoms with Gasteiger partial charge < -0.3 is 14.6 Å². The number of rotatable bonds is 8. The normalized spacial score (nSPS) is 10.5. The Morgan fingerprint density at radius 2 is 1.88 bits per heavy atom. The van der Waals surface area contributed by atoms with Gasteiger partial charge in [-0.05, 0) is 29.2 Å². The number of amides is 1. The Kier molecular flexibility index (Phi) is 6.04. The quantitative estimate of drug-likeness (QED) is 0.679. The third kappa shape index (κ3) is 4.96. The van der Waals surface area contributed by atoms with Crippen molar-refractivity contribution in [1.29, 1.82) is 0 Å². The van der Waals surface area contributed by atoms with Gasteiger partial charge in [0, 0.05) is 25.5 Å². The van der Waals surface area contributed by atoms with Gasteiger partial charge in [0.1, 0.15) is 5.75 Å². The number of hydrogen-bond acceptors (Lipinski definition) is 3. The molecule has 1 N–H and O–H groups in total. The number of nitrogens with zero attached hydrogens (tertiary/aromatic N) is 2. The lowest BCUT2D eigenvalue weighted by Gasteiger charge is -2.11. The minimum Gasteiger partial charge on any atom is -0.483 e. The zero-order chi connectivity index (χ0) is 18.2. The molecule has 1 amide bonds. The van der Waals surface area contributed by atoms with Gasteiger partial charge in [0.25, 0.3) is 5.91 Å². The summed E-state index contributed by atoms with van der Waals surface area (Å²) in [6, 6.07) is 16.0. The highest BCUT2D eigenvalue weighted by Gasteiger charge is 2.06. The lowest BCUT2D eigenvalue weighted by molar-refractivity contribution is -0.123. The molecular formula is C21H23N3O2. The summed E-state index contributed by atoms with van der Waals surface area (Å²) in [5.74, 6) is 0.646. The molecule has 5 nitrogen and oxygen atoms in total. The van der Waals surface area contributed by atoms with Crippen LogP contribution in [0.3, 0.4) is 0 Å². The van der Waals surface area contributed by atoms with E-state index in [1.165, 1.54) is 5.56 Å². The van der Waals surface area contributed by atoms with Crippen LogP contribution in [0.2, 0.25) is 0 Å². The second-order valence-corrected chi connectivity index (χ2v) is 6.08. The van der Waals surface area contributed by atoms with Crippen molar-refractivity contribution in [1.82, 2.24) is 14.9 Å². The maximum atomic E-state index is 12.0. The van der Waals surface area contributed by atoms with Gasteiger partial charge in [-0.1, -0.05) is 49.4 Å². The highest BCUT2D eigenvalue weighted by atomic mass is 16.5. The molecular weight excluding hydrogens is 326 g/mol. The minimum absolute atomic E-state index is 0.0235. The fourth-order valence-electron chi connectivity index (χ4n) is 2.69. The van der Waals surface area contributed by atoms with E-state index in [0.717, 1.165) is 29.8 Å². The number of aryl methyl sites for hydroxylation is 1. The first-order chi connectivity index (χ1) is 12.7. The number of hydrogen-bond donors (Lipinski definition) is 1. The van der Waals surface area contributed by atoms with E-state index in [-0.39, 0.29) is 12.5 Å². The molecule has 0 saturated heterocycles. The van der Waals surface area contributed by atoms with Crippen LogP contribution in [0.15, 0.2) is 67.3 Å². The van der Waals surface area contributed by atoms with Gasteiger partial charge >= 0.3 is 0 Å². The van der Waals surface area contributed by atoms with Crippen LogP contribution >= 0.6 is 0 Å². The van der Waals surface area contributed by atoms with E-state index in [2.05, 4.69) is 29.4 Å². The van der Waals surface area contributed by atoms with Crippen LogP contribution in [0, 0.1) is 0 Å². The van der Waals surface area contributed by atoms with Gasteiger partial charge in [0.15, 0.2) is 6.61 Å². The SMILES string of the molecule is CCc1ccccc1OCC(=O)NCc1ccc(Cn2ccnc2)cc1. The molecule has 0 spiro atoms. The summed E-state index contributed by atoms with van der Waals surface area (Å²) < 4.78 is 7.65. The number of benzene rings is 2. The molecule has 1 heterocycles. The molecule has 0 unspecified atom stereocenters. The molecule has 0 aliphatic carbocycles. The van der Waals surface area contributed by atoms with E-state index >= 15 is 0 Å². The van der Waals surface area contributed by atoms with Crippen molar-refractivity contribution in [3.63, 3.8) is 0 Å². The molecule has 0 atom stereocenters. The number of carbonyl (C=O) groups excluding carboxylic acids is 1. The summed E-state index contributed by atoms with van der Waals surface area (Å²) in [7, 11) is 0. The molecule has 0 fully saturated rings. The van der Waals surface area contributed by atoms with Crippen LogP contribution in [0.5, 0.6) is 5.75 Å². The summed E-state index contributed by atoms with van der Waals surface area (Å²) in [6.07, 6.45) is 6.38. The van der Waals surface area contributed by atoms with E-state index in [4.69, 9.17) is 4.74 Å². The average molecular weight is 349 g/mol. The summed E-state index contributed by atoms with van der Waals surface area (Å²) in [4.78, 5) is 16.1. The van der Waals surface area contributed by atoms with Gasteiger partial charge in [-0.25, -0.2) is 4.98 Å². The highest BCUT2D eigenvalue weighted by Crippen LogP contribution is 2.18. The molecule has 3 aromatic rings. The molecule has 134 valence electrons. The van der Waals surface area contributed by atoms with Gasteiger partial charge in [0.2, 0.25) is 0 Å². The van der Waals surface area contributed by atoms with Gasteiger partial charge in [-0.2, -0.15) is 0 Å². The largest absolute Gasteiger partial charge is 0.483 e. The number of carbonyl (C=O) groups is 1. The standard InChI is InChI=1S/C21H23N3O2/c1-2-19-5-3-4-6-20(19)26-15-21(25)23-13-17-7-9-18(10-8-17)14-24-12-11-22-16-24/h3-12,16H,2,13-15H2,1H3,(H,23,25). The second kappa shape index (κ2) is 8.85. The molecule has 0 radical (unpaired) electrons. The molecule has 0 aliphatic rings. The fourth-order valence-corrected chi connectivity index (χ4v) is 2.69. The van der Waals surface area contributed by atoms with Gasteiger partial charge in [0.05, 0.1) is 6.33 Å². The van der Waals surface area contributed by atoms with Crippen molar-refractivity contribution >= 4 is 5.91 Å². The van der Waals surface area contributed by atoms with Gasteiger partial charge in [-0.3, -0.25) is 4.79 Å². The highest BCUT2D eigenvalue weighted by molar-refractivity contribution is 5.77. The molecule has 0 saturated carbocycles. The number of para-hydroxylation sites is 1. The van der Waals surface area contributed by atoms with E-state index in [1.54, 1.807) is 12.5 Å². The number of ether oxygens (including phenoxy) is 1. The van der Waals surface area contributed by atoms with Crippen LogP contribution in [-0.4, -0.2) is 22.1 Å². The Labute approximate surface area is 153 Å². The summed E-state index contributed by atoms with van der Waals surface area (Å²) in [5.41, 5.74) is 3.35. The predicted molar refractivity (Wildman–Crippen MR) is 101 cm³/mol. The second-order valence-electron chi connectivity index (χ2n) is 6.08. The molecule has 0 aliphatic heterocycles. The van der Waals surface area contributed by atoms with Crippen molar-refractivity contribution < 1.29 is 9.53 Å². The molecule has 1 aromatic heterocycles. The maximum absolute atomic E-state index is 12.0. The fraction of sp³-hybridized carbons (Fsp3) is 0.238. The van der Waals surface area contributed by atoms with Crippen molar-refractivity contribution in [2.24, 2.45) is 0 Å². The van der Waals surface area contributed by atoms with Crippen molar-refractivity contribution in [2.75, 3.05) is 6.61 Å². The van der Waals surface area contributed by atoms with Crippen LogP contribution in [0.25, 0.3) is 0 Å². The number of nitrogens with one attached hydrogen (secondary N) is 1. The number of aromatic nitrogens is 2. The Morgan fingerprint density at radius 3 is 2.62 bits per heavy atom. The summed E-state index contributed by atoms with van der Waals surface area (Å²) in [6.45, 7) is 3.37. The monoisotopic (exact) mass is 349 g/mol. The van der Waals surface area contributed by atoms with Crippen molar-refractivity contribution in [3.05, 3.63) is 83.9 Å². The zero-order valence-corrected chi connectivity index (χ0v) is 14.9. The van der Waals surface area contributed by atoms with Crippen LogP contribution in [-0.2, 0) is 24.3 Å². The van der Waals surface area contributed by atoms with Crippen molar-refractivity contribution in [2.45, 2.75) is 26.4 Å². The van der Waals surface area contributed by atoms with Crippen LogP contribution < -0.4 is 10.1 Å². The maximum Gasteiger partial charge on any atom is 0.258 e. The van der Waals surface area contributed by atoms with Gasteiger partial charge in [-0.15, -0.1) is 0 Å². The number of imidazole rings is 1. The van der Waals surface area contributed by atoms with E-state index in [9.17, 15) is 4.79 Å². The average Bonchev–Trinajstić information content (AvgIpc) is 3.19. The Balaban J connectivity index is 1.45. The summed E-state index contributed by atoms with van der Waals surface area (Å²) in [5, 5.41) is 2.89. The van der Waals surface area contributed by atoms with Crippen LogP contribution in [0.1, 0.15) is 23.6 Å². The zero-order valence-electron chi connectivity index (χ0n) is 14.9.